The third kappa shape index (κ3) is 7.22. The highest BCUT2D eigenvalue weighted by Crippen LogP contribution is 2.28. The number of hydrogen-bond acceptors (Lipinski definition) is 3. The molecule has 2 aromatic rings. The van der Waals surface area contributed by atoms with E-state index in [1.165, 1.54) is 11.8 Å². The van der Waals surface area contributed by atoms with E-state index < -0.39 is 6.04 Å². The summed E-state index contributed by atoms with van der Waals surface area (Å²) >= 11 is 13.9. The van der Waals surface area contributed by atoms with Gasteiger partial charge in [-0.25, -0.2) is 0 Å². The monoisotopic (exact) mass is 466 g/mol. The van der Waals surface area contributed by atoms with Gasteiger partial charge in [-0.1, -0.05) is 66.5 Å². The van der Waals surface area contributed by atoms with Gasteiger partial charge in [0.15, 0.2) is 0 Å². The van der Waals surface area contributed by atoms with Crippen molar-refractivity contribution in [1.82, 2.24) is 10.2 Å². The molecule has 0 aliphatic rings. The number of amides is 2. The molecule has 0 aliphatic heterocycles. The molecule has 0 aliphatic carbocycles. The second-order valence-corrected chi connectivity index (χ2v) is 9.09. The first kappa shape index (κ1) is 24.6. The Morgan fingerprint density at radius 2 is 1.67 bits per heavy atom. The Kier molecular flexibility index (Phi) is 10.0. The van der Waals surface area contributed by atoms with E-state index in [1.807, 2.05) is 51.1 Å². The number of thioether (sulfide) groups is 1. The second-order valence-electron chi connectivity index (χ2n) is 7.29. The average Bonchev–Trinajstić information content (AvgIpc) is 2.70. The molecule has 1 atom stereocenters. The van der Waals surface area contributed by atoms with Crippen LogP contribution in [0.5, 0.6) is 0 Å². The van der Waals surface area contributed by atoms with Gasteiger partial charge >= 0.3 is 0 Å². The molecule has 0 radical (unpaired) electrons. The van der Waals surface area contributed by atoms with Crippen molar-refractivity contribution < 1.29 is 9.59 Å². The van der Waals surface area contributed by atoms with Gasteiger partial charge < -0.3 is 10.2 Å². The molecule has 0 saturated heterocycles. The molecule has 0 bridgehead atoms. The predicted octanol–water partition coefficient (Wildman–Crippen LogP) is 5.56. The highest BCUT2D eigenvalue weighted by Gasteiger charge is 2.28. The third-order valence-corrected chi connectivity index (χ3v) is 6.20. The molecule has 0 aromatic heterocycles. The molecule has 2 aromatic carbocycles. The first-order valence-electron chi connectivity index (χ1n) is 9.97. The van der Waals surface area contributed by atoms with Crippen LogP contribution in [0.2, 0.25) is 10.0 Å². The fourth-order valence-corrected chi connectivity index (χ4v) is 4.72. The summed E-state index contributed by atoms with van der Waals surface area (Å²) in [7, 11) is 0. The lowest BCUT2D eigenvalue weighted by molar-refractivity contribution is -0.139. The van der Waals surface area contributed by atoms with Crippen molar-refractivity contribution in [2.24, 2.45) is 0 Å². The van der Waals surface area contributed by atoms with Crippen LogP contribution >= 0.6 is 35.0 Å². The number of nitrogens with one attached hydrogen (secondary N) is 1. The smallest absolute Gasteiger partial charge is 0.243 e. The van der Waals surface area contributed by atoms with Gasteiger partial charge in [0.05, 0.1) is 5.75 Å². The first-order chi connectivity index (χ1) is 14.3. The van der Waals surface area contributed by atoms with E-state index in [4.69, 9.17) is 23.2 Å². The zero-order valence-electron chi connectivity index (χ0n) is 17.5. The number of benzene rings is 2. The van der Waals surface area contributed by atoms with Gasteiger partial charge in [-0.2, -0.15) is 0 Å². The maximum atomic E-state index is 13.2. The van der Waals surface area contributed by atoms with Crippen molar-refractivity contribution in [2.45, 2.75) is 51.6 Å². The molecule has 2 rings (SSSR count). The van der Waals surface area contributed by atoms with E-state index in [0.29, 0.717) is 28.8 Å². The van der Waals surface area contributed by atoms with E-state index in [2.05, 4.69) is 5.32 Å². The summed E-state index contributed by atoms with van der Waals surface area (Å²) in [6.45, 7) is 6.14. The molecule has 0 spiro atoms. The van der Waals surface area contributed by atoms with Gasteiger partial charge in [-0.3, -0.25) is 9.59 Å². The third-order valence-electron chi connectivity index (χ3n) is 4.55. The standard InChI is InChI=1S/C23H28Cl2N2O2S/c1-4-21(23(29)26-16(2)3)27(13-17-9-6-5-7-10-17)22(28)15-30-14-18-19(24)11-8-12-20(18)25/h5-12,16,21H,4,13-15H2,1-3H3,(H,26,29). The van der Waals surface area contributed by atoms with Crippen molar-refractivity contribution >= 4 is 46.8 Å². The van der Waals surface area contributed by atoms with Crippen LogP contribution in [0, 0.1) is 0 Å². The molecule has 0 heterocycles. The summed E-state index contributed by atoms with van der Waals surface area (Å²) < 4.78 is 0. The summed E-state index contributed by atoms with van der Waals surface area (Å²) in [5.74, 6) is 0.548. The molecule has 0 saturated carbocycles. The fourth-order valence-electron chi connectivity index (χ4n) is 3.07. The van der Waals surface area contributed by atoms with Crippen LogP contribution in [0.15, 0.2) is 48.5 Å². The largest absolute Gasteiger partial charge is 0.352 e. The number of nitrogens with zero attached hydrogens (tertiary/aromatic N) is 1. The molecule has 2 amide bonds. The molecule has 1 N–H and O–H groups in total. The van der Waals surface area contributed by atoms with Gasteiger partial charge in [0.2, 0.25) is 11.8 Å². The Labute approximate surface area is 193 Å². The number of halogens is 2. The molecule has 7 heteroatoms. The van der Waals surface area contributed by atoms with Gasteiger partial charge in [0.1, 0.15) is 6.04 Å². The topological polar surface area (TPSA) is 49.4 Å². The van der Waals surface area contributed by atoms with E-state index in [0.717, 1.165) is 11.1 Å². The minimum absolute atomic E-state index is 0.0111. The van der Waals surface area contributed by atoms with Gasteiger partial charge in [0.25, 0.3) is 0 Å². The number of rotatable bonds is 10. The van der Waals surface area contributed by atoms with E-state index in [-0.39, 0.29) is 23.6 Å². The molecule has 1 unspecified atom stereocenters. The highest BCUT2D eigenvalue weighted by molar-refractivity contribution is 7.99. The quantitative estimate of drug-likeness (QED) is 0.498. The van der Waals surface area contributed by atoms with E-state index >= 15 is 0 Å². The van der Waals surface area contributed by atoms with Crippen molar-refractivity contribution in [3.63, 3.8) is 0 Å². The molecular formula is C23H28Cl2N2O2S. The second kappa shape index (κ2) is 12.2. The minimum Gasteiger partial charge on any atom is -0.352 e. The molecule has 30 heavy (non-hydrogen) atoms. The van der Waals surface area contributed by atoms with Crippen LogP contribution in [0.3, 0.4) is 0 Å². The van der Waals surface area contributed by atoms with Crippen molar-refractivity contribution in [3.05, 3.63) is 69.7 Å². The first-order valence-corrected chi connectivity index (χ1v) is 11.9. The van der Waals surface area contributed by atoms with Gasteiger partial charge in [-0.05, 0) is 43.5 Å². The van der Waals surface area contributed by atoms with E-state index in [9.17, 15) is 9.59 Å². The lowest BCUT2D eigenvalue weighted by atomic mass is 10.1. The predicted molar refractivity (Wildman–Crippen MR) is 127 cm³/mol. The summed E-state index contributed by atoms with van der Waals surface area (Å²) in [6, 6.07) is 14.6. The van der Waals surface area contributed by atoms with Gasteiger partial charge in [-0.15, -0.1) is 11.8 Å². The summed E-state index contributed by atoms with van der Waals surface area (Å²) in [6.07, 6.45) is 0.540. The zero-order valence-corrected chi connectivity index (χ0v) is 19.9. The van der Waals surface area contributed by atoms with Crippen molar-refractivity contribution in [3.8, 4) is 0 Å². The Morgan fingerprint density at radius 1 is 1.03 bits per heavy atom. The summed E-state index contributed by atoms with van der Waals surface area (Å²) in [5, 5.41) is 4.12. The number of hydrogen-bond donors (Lipinski definition) is 1. The van der Waals surface area contributed by atoms with Crippen LogP contribution in [0.1, 0.15) is 38.3 Å². The van der Waals surface area contributed by atoms with Gasteiger partial charge in [0, 0.05) is 28.4 Å². The van der Waals surface area contributed by atoms with Crippen LogP contribution in [-0.4, -0.2) is 34.6 Å². The molecule has 4 nitrogen and oxygen atoms in total. The van der Waals surface area contributed by atoms with Crippen LogP contribution < -0.4 is 5.32 Å². The highest BCUT2D eigenvalue weighted by atomic mass is 35.5. The van der Waals surface area contributed by atoms with Crippen LogP contribution in [0.25, 0.3) is 0 Å². The minimum atomic E-state index is -0.524. The lowest BCUT2D eigenvalue weighted by Crippen LogP contribution is -2.50. The Balaban J connectivity index is 2.13. The average molecular weight is 467 g/mol. The zero-order chi connectivity index (χ0) is 22.1. The van der Waals surface area contributed by atoms with Crippen LogP contribution in [-0.2, 0) is 21.9 Å². The molecule has 0 fully saturated rings. The van der Waals surface area contributed by atoms with Crippen molar-refractivity contribution in [2.75, 3.05) is 5.75 Å². The number of carbonyl (C=O) groups excluding carboxylic acids is 2. The normalized spacial score (nSPS) is 11.9. The van der Waals surface area contributed by atoms with Crippen molar-refractivity contribution in [1.29, 1.82) is 0 Å². The van der Waals surface area contributed by atoms with E-state index in [1.54, 1.807) is 23.1 Å². The Hall–Kier alpha value is -1.69. The Bertz CT molecular complexity index is 826. The summed E-state index contributed by atoms with van der Waals surface area (Å²) in [5.41, 5.74) is 1.80. The SMILES string of the molecule is CCC(C(=O)NC(C)C)N(Cc1ccccc1)C(=O)CSCc1c(Cl)cccc1Cl. The maximum absolute atomic E-state index is 13.2. The van der Waals surface area contributed by atoms with Crippen LogP contribution in [0.4, 0.5) is 0 Å². The fraction of sp³-hybridized carbons (Fsp3) is 0.391. The number of carbonyl (C=O) groups is 2. The molecular weight excluding hydrogens is 439 g/mol. The molecule has 162 valence electrons. The lowest BCUT2D eigenvalue weighted by Gasteiger charge is -2.31. The Morgan fingerprint density at radius 3 is 2.23 bits per heavy atom. The summed E-state index contributed by atoms with van der Waals surface area (Å²) in [4.78, 5) is 27.6. The maximum Gasteiger partial charge on any atom is 0.243 e.